The van der Waals surface area contributed by atoms with E-state index in [2.05, 4.69) is 86.0 Å². The van der Waals surface area contributed by atoms with Crippen LogP contribution in [0.1, 0.15) is 24.0 Å². The van der Waals surface area contributed by atoms with E-state index in [9.17, 15) is 4.79 Å². The molecule has 0 bridgehead atoms. The van der Waals surface area contributed by atoms with E-state index in [-0.39, 0.29) is 11.8 Å². The molecule has 4 aromatic rings. The summed E-state index contributed by atoms with van der Waals surface area (Å²) in [5, 5.41) is 8.98. The average molecular weight is 500 g/mol. The zero-order valence-electron chi connectivity index (χ0n) is 18.4. The maximum atomic E-state index is 12.8. The van der Waals surface area contributed by atoms with Gasteiger partial charge in [0.25, 0.3) is 0 Å². The third kappa shape index (κ3) is 5.00. The summed E-state index contributed by atoms with van der Waals surface area (Å²) in [5.74, 6) is 0.0201. The van der Waals surface area contributed by atoms with E-state index in [1.54, 1.807) is 6.21 Å². The molecule has 0 saturated carbocycles. The fraction of sp³-hybridized carbons (Fsp3) is 0.214. The van der Waals surface area contributed by atoms with Crippen LogP contribution in [0.3, 0.4) is 0 Å². The van der Waals surface area contributed by atoms with E-state index in [0.717, 1.165) is 53.3 Å². The minimum Gasteiger partial charge on any atom is -0.299 e. The van der Waals surface area contributed by atoms with Gasteiger partial charge in [-0.25, -0.2) is 5.43 Å². The number of carbonyl (C=O) groups is 1. The van der Waals surface area contributed by atoms with E-state index in [0.29, 0.717) is 0 Å². The van der Waals surface area contributed by atoms with Gasteiger partial charge in [0, 0.05) is 22.5 Å². The van der Waals surface area contributed by atoms with Crippen molar-refractivity contribution in [3.05, 3.63) is 94.5 Å². The third-order valence-corrected chi connectivity index (χ3v) is 6.99. The van der Waals surface area contributed by atoms with Crippen LogP contribution < -0.4 is 5.43 Å². The Hall–Kier alpha value is -3.02. The van der Waals surface area contributed by atoms with Gasteiger partial charge >= 0.3 is 0 Å². The Kier molecular flexibility index (Phi) is 6.51. The standard InChI is InChI=1S/C28H26BrN3O/c29-24-11-9-20(10-12-24)19-32-15-13-21(14-16-32)28(33)31-30-18-27-25-7-3-1-5-22(25)17-23-6-2-4-8-26(23)27/h1-12,17-18,21H,13-16,19H2,(H,31,33). The molecule has 1 saturated heterocycles. The molecule has 0 radical (unpaired) electrons. The largest absolute Gasteiger partial charge is 0.299 e. The lowest BCUT2D eigenvalue weighted by Crippen LogP contribution is -2.39. The summed E-state index contributed by atoms with van der Waals surface area (Å²) < 4.78 is 1.10. The van der Waals surface area contributed by atoms with Gasteiger partial charge < -0.3 is 0 Å². The van der Waals surface area contributed by atoms with Gasteiger partial charge in [0.05, 0.1) is 6.21 Å². The van der Waals surface area contributed by atoms with Gasteiger partial charge in [-0.1, -0.05) is 76.6 Å². The van der Waals surface area contributed by atoms with Crippen LogP contribution in [-0.2, 0) is 11.3 Å². The molecule has 0 aliphatic carbocycles. The topological polar surface area (TPSA) is 44.7 Å². The number of halogens is 1. The van der Waals surface area contributed by atoms with Crippen LogP contribution in [0.25, 0.3) is 21.5 Å². The lowest BCUT2D eigenvalue weighted by atomic mass is 9.96. The van der Waals surface area contributed by atoms with Crippen molar-refractivity contribution in [1.82, 2.24) is 10.3 Å². The Morgan fingerprint density at radius 1 is 0.939 bits per heavy atom. The molecule has 5 rings (SSSR count). The Labute approximate surface area is 202 Å². The molecule has 4 nitrogen and oxygen atoms in total. The molecule has 1 aliphatic rings. The van der Waals surface area contributed by atoms with Crippen LogP contribution >= 0.6 is 15.9 Å². The van der Waals surface area contributed by atoms with Crippen molar-refractivity contribution >= 4 is 49.6 Å². The van der Waals surface area contributed by atoms with E-state index in [4.69, 9.17) is 0 Å². The van der Waals surface area contributed by atoms with Crippen molar-refractivity contribution in [2.24, 2.45) is 11.0 Å². The highest BCUT2D eigenvalue weighted by molar-refractivity contribution is 9.10. The minimum atomic E-state index is 0.00702. The van der Waals surface area contributed by atoms with Gasteiger partial charge in [-0.05, 0) is 71.2 Å². The molecule has 1 heterocycles. The number of likely N-dealkylation sites (tertiary alicyclic amines) is 1. The number of rotatable bonds is 5. The monoisotopic (exact) mass is 499 g/mol. The second-order valence-electron chi connectivity index (χ2n) is 8.64. The molecule has 0 aromatic heterocycles. The first-order chi connectivity index (χ1) is 16.2. The molecule has 166 valence electrons. The summed E-state index contributed by atoms with van der Waals surface area (Å²) in [6.45, 7) is 2.77. The molecule has 1 fully saturated rings. The van der Waals surface area contributed by atoms with Crippen molar-refractivity contribution < 1.29 is 4.79 Å². The first-order valence-electron chi connectivity index (χ1n) is 11.4. The van der Waals surface area contributed by atoms with Gasteiger partial charge in [0.15, 0.2) is 0 Å². The van der Waals surface area contributed by atoms with E-state index >= 15 is 0 Å². The summed E-state index contributed by atoms with van der Waals surface area (Å²) in [6.07, 6.45) is 3.51. The van der Waals surface area contributed by atoms with Gasteiger partial charge in [-0.3, -0.25) is 9.69 Å². The molecule has 5 heteroatoms. The number of nitrogens with one attached hydrogen (secondary N) is 1. The fourth-order valence-corrected chi connectivity index (χ4v) is 4.91. The Morgan fingerprint density at radius 3 is 2.18 bits per heavy atom. The third-order valence-electron chi connectivity index (χ3n) is 6.46. The second kappa shape index (κ2) is 9.86. The van der Waals surface area contributed by atoms with Crippen LogP contribution in [-0.4, -0.2) is 30.1 Å². The van der Waals surface area contributed by atoms with E-state index in [1.807, 2.05) is 24.3 Å². The number of hydrogen-bond acceptors (Lipinski definition) is 3. The van der Waals surface area contributed by atoms with Crippen LogP contribution in [0.4, 0.5) is 0 Å². The first kappa shape index (κ1) is 21.8. The molecule has 0 atom stereocenters. The van der Waals surface area contributed by atoms with Crippen molar-refractivity contribution in [3.8, 4) is 0 Å². The maximum absolute atomic E-state index is 12.8. The van der Waals surface area contributed by atoms with E-state index < -0.39 is 0 Å². The van der Waals surface area contributed by atoms with Crippen molar-refractivity contribution in [2.75, 3.05) is 13.1 Å². The van der Waals surface area contributed by atoms with Gasteiger partial charge in [0.1, 0.15) is 0 Å². The minimum absolute atomic E-state index is 0.00702. The molecule has 1 aliphatic heterocycles. The number of hydrazone groups is 1. The molecule has 0 unspecified atom stereocenters. The predicted octanol–water partition coefficient (Wildman–Crippen LogP) is 6.12. The zero-order valence-corrected chi connectivity index (χ0v) is 20.0. The number of nitrogens with zero attached hydrogens (tertiary/aromatic N) is 2. The number of fused-ring (bicyclic) bond motifs is 2. The van der Waals surface area contributed by atoms with Crippen LogP contribution in [0, 0.1) is 5.92 Å². The highest BCUT2D eigenvalue weighted by Crippen LogP contribution is 2.27. The van der Waals surface area contributed by atoms with Crippen LogP contribution in [0.15, 0.2) is 88.4 Å². The van der Waals surface area contributed by atoms with Crippen molar-refractivity contribution in [1.29, 1.82) is 0 Å². The molecular weight excluding hydrogens is 474 g/mol. The normalized spacial score (nSPS) is 15.4. The molecular formula is C28H26BrN3O. The van der Waals surface area contributed by atoms with Gasteiger partial charge in [0.2, 0.25) is 5.91 Å². The van der Waals surface area contributed by atoms with Gasteiger partial charge in [-0.15, -0.1) is 0 Å². The SMILES string of the molecule is O=C(NN=Cc1c2ccccc2cc2ccccc12)C1CCN(Cc2ccc(Br)cc2)CC1. The average Bonchev–Trinajstić information content (AvgIpc) is 2.85. The number of amides is 1. The van der Waals surface area contributed by atoms with Crippen molar-refractivity contribution in [2.45, 2.75) is 19.4 Å². The molecule has 33 heavy (non-hydrogen) atoms. The number of hydrogen-bond donors (Lipinski definition) is 1. The molecule has 1 N–H and O–H groups in total. The zero-order chi connectivity index (χ0) is 22.6. The Balaban J connectivity index is 1.23. The highest BCUT2D eigenvalue weighted by atomic mass is 79.9. The van der Waals surface area contributed by atoms with Crippen LogP contribution in [0.2, 0.25) is 0 Å². The summed E-state index contributed by atoms with van der Waals surface area (Å²) in [6, 6.07) is 27.2. The smallest absolute Gasteiger partial charge is 0.243 e. The molecule has 0 spiro atoms. The molecule has 4 aromatic carbocycles. The number of piperidine rings is 1. The lowest BCUT2D eigenvalue weighted by molar-refractivity contribution is -0.126. The second-order valence-corrected chi connectivity index (χ2v) is 9.56. The fourth-order valence-electron chi connectivity index (χ4n) is 4.64. The summed E-state index contributed by atoms with van der Waals surface area (Å²) in [5.41, 5.74) is 5.14. The Bertz CT molecular complexity index is 1250. The quantitative estimate of drug-likeness (QED) is 0.204. The summed E-state index contributed by atoms with van der Waals surface area (Å²) >= 11 is 3.48. The summed E-state index contributed by atoms with van der Waals surface area (Å²) in [7, 11) is 0. The van der Waals surface area contributed by atoms with Crippen molar-refractivity contribution in [3.63, 3.8) is 0 Å². The predicted molar refractivity (Wildman–Crippen MR) is 139 cm³/mol. The highest BCUT2D eigenvalue weighted by Gasteiger charge is 2.24. The lowest BCUT2D eigenvalue weighted by Gasteiger charge is -2.30. The summed E-state index contributed by atoms with van der Waals surface area (Å²) in [4.78, 5) is 15.2. The van der Waals surface area contributed by atoms with Gasteiger partial charge in [-0.2, -0.15) is 5.10 Å². The van der Waals surface area contributed by atoms with Crippen LogP contribution in [0.5, 0.6) is 0 Å². The number of benzene rings is 4. The Morgan fingerprint density at radius 2 is 1.55 bits per heavy atom. The maximum Gasteiger partial charge on any atom is 0.243 e. The molecule has 1 amide bonds. The first-order valence-corrected chi connectivity index (χ1v) is 12.2. The number of carbonyl (C=O) groups excluding carboxylic acids is 1. The van der Waals surface area contributed by atoms with E-state index in [1.165, 1.54) is 16.3 Å².